The number of halogens is 1. The van der Waals surface area contributed by atoms with E-state index >= 15 is 0 Å². The van der Waals surface area contributed by atoms with Gasteiger partial charge in [0.2, 0.25) is 0 Å². The van der Waals surface area contributed by atoms with E-state index < -0.39 is 0 Å². The van der Waals surface area contributed by atoms with E-state index in [0.717, 1.165) is 40.3 Å². The van der Waals surface area contributed by atoms with E-state index in [4.69, 9.17) is 4.74 Å². The number of ether oxygens (including phenoxy) is 1. The van der Waals surface area contributed by atoms with Crippen LogP contribution in [0.2, 0.25) is 0 Å². The molecule has 0 saturated heterocycles. The quantitative estimate of drug-likeness (QED) is 0.334. The normalized spacial score (nSPS) is 18.0. The molecule has 1 aliphatic rings. The molecule has 0 unspecified atom stereocenters. The lowest BCUT2D eigenvalue weighted by Crippen LogP contribution is -2.18. The highest BCUT2D eigenvalue weighted by molar-refractivity contribution is 5.43. The maximum Gasteiger partial charge on any atom is 0.126 e. The van der Waals surface area contributed by atoms with E-state index in [1.54, 1.807) is 6.07 Å². The fourth-order valence-electron chi connectivity index (χ4n) is 5.92. The number of rotatable bonds is 7. The van der Waals surface area contributed by atoms with Crippen molar-refractivity contribution < 1.29 is 9.13 Å². The zero-order chi connectivity index (χ0) is 25.1. The molecule has 0 heterocycles. The summed E-state index contributed by atoms with van der Waals surface area (Å²) in [6.45, 7) is 13.3. The van der Waals surface area contributed by atoms with Gasteiger partial charge in [-0.25, -0.2) is 4.39 Å². The first-order valence-electron chi connectivity index (χ1n) is 13.2. The van der Waals surface area contributed by atoms with Gasteiger partial charge >= 0.3 is 0 Å². The maximum absolute atomic E-state index is 15.0. The van der Waals surface area contributed by atoms with Crippen LogP contribution in [0.5, 0.6) is 5.75 Å². The fourth-order valence-corrected chi connectivity index (χ4v) is 5.92. The molecule has 2 heteroatoms. The SMILES string of the molecule is Cc1cc(C)c(OCc2ccc(CC3CCC(Cc4cc(C)c(C)c(C)c4)CC3)c(F)c2)c(C)c1. The van der Waals surface area contributed by atoms with E-state index in [1.165, 1.54) is 59.9 Å². The highest BCUT2D eigenvalue weighted by Gasteiger charge is 2.23. The zero-order valence-electron chi connectivity index (χ0n) is 22.4. The van der Waals surface area contributed by atoms with Gasteiger partial charge in [-0.1, -0.05) is 42.0 Å². The molecule has 0 amide bonds. The third kappa shape index (κ3) is 6.34. The molecule has 4 rings (SSSR count). The first-order valence-corrected chi connectivity index (χ1v) is 13.2. The molecule has 1 nitrogen and oxygen atoms in total. The lowest BCUT2D eigenvalue weighted by atomic mass is 9.77. The van der Waals surface area contributed by atoms with Crippen LogP contribution in [0, 0.1) is 59.2 Å². The van der Waals surface area contributed by atoms with Crippen molar-refractivity contribution in [2.24, 2.45) is 11.8 Å². The van der Waals surface area contributed by atoms with Gasteiger partial charge in [0.25, 0.3) is 0 Å². The molecule has 186 valence electrons. The number of benzene rings is 3. The molecule has 3 aromatic carbocycles. The van der Waals surface area contributed by atoms with Crippen molar-refractivity contribution >= 4 is 0 Å². The van der Waals surface area contributed by atoms with E-state index in [1.807, 2.05) is 12.1 Å². The Hall–Kier alpha value is -2.61. The Morgan fingerprint density at radius 1 is 0.686 bits per heavy atom. The molecule has 0 N–H and O–H groups in total. The van der Waals surface area contributed by atoms with Crippen molar-refractivity contribution in [2.75, 3.05) is 0 Å². The minimum atomic E-state index is -0.0869. The minimum absolute atomic E-state index is 0.0869. The van der Waals surface area contributed by atoms with Crippen LogP contribution >= 0.6 is 0 Å². The molecule has 1 aliphatic carbocycles. The van der Waals surface area contributed by atoms with Crippen LogP contribution in [0.1, 0.15) is 75.8 Å². The molecule has 35 heavy (non-hydrogen) atoms. The Bertz CT molecular complexity index is 1140. The number of hydrogen-bond donors (Lipinski definition) is 0. The average Bonchev–Trinajstić information content (AvgIpc) is 2.79. The Labute approximate surface area is 211 Å². The van der Waals surface area contributed by atoms with Crippen LogP contribution in [0.25, 0.3) is 0 Å². The summed E-state index contributed by atoms with van der Waals surface area (Å²) in [6.07, 6.45) is 6.92. The van der Waals surface area contributed by atoms with Crippen LogP contribution < -0.4 is 4.74 Å². The van der Waals surface area contributed by atoms with Crippen LogP contribution in [-0.2, 0) is 19.4 Å². The van der Waals surface area contributed by atoms with Crippen molar-refractivity contribution in [3.05, 3.63) is 98.4 Å². The summed E-state index contributed by atoms with van der Waals surface area (Å²) in [5.41, 5.74) is 10.9. The predicted octanol–water partition coefficient (Wildman–Crippen LogP) is 8.85. The van der Waals surface area contributed by atoms with Gasteiger partial charge in [-0.15, -0.1) is 0 Å². The monoisotopic (exact) mass is 472 g/mol. The summed E-state index contributed by atoms with van der Waals surface area (Å²) in [6, 6.07) is 14.7. The van der Waals surface area contributed by atoms with Crippen molar-refractivity contribution in [1.29, 1.82) is 0 Å². The molecule has 1 fully saturated rings. The van der Waals surface area contributed by atoms with Gasteiger partial charge in [0.1, 0.15) is 18.2 Å². The van der Waals surface area contributed by atoms with Gasteiger partial charge in [-0.2, -0.15) is 0 Å². The van der Waals surface area contributed by atoms with Crippen LogP contribution in [0.3, 0.4) is 0 Å². The van der Waals surface area contributed by atoms with E-state index in [9.17, 15) is 4.39 Å². The molecule has 0 atom stereocenters. The molecule has 0 aromatic heterocycles. The summed E-state index contributed by atoms with van der Waals surface area (Å²) in [5.74, 6) is 2.16. The van der Waals surface area contributed by atoms with Crippen molar-refractivity contribution in [3.8, 4) is 5.75 Å². The Kier molecular flexibility index (Phi) is 7.99. The van der Waals surface area contributed by atoms with Crippen molar-refractivity contribution in [1.82, 2.24) is 0 Å². The summed E-state index contributed by atoms with van der Waals surface area (Å²) < 4.78 is 21.0. The maximum atomic E-state index is 15.0. The van der Waals surface area contributed by atoms with Gasteiger partial charge in [-0.3, -0.25) is 0 Å². The van der Waals surface area contributed by atoms with Crippen LogP contribution in [-0.4, -0.2) is 0 Å². The molecule has 1 saturated carbocycles. The third-order valence-corrected chi connectivity index (χ3v) is 8.09. The second-order valence-electron chi connectivity index (χ2n) is 11.1. The van der Waals surface area contributed by atoms with Crippen LogP contribution in [0.4, 0.5) is 4.39 Å². The first-order chi connectivity index (χ1) is 16.7. The molecular formula is C33H41FO. The molecule has 0 aliphatic heterocycles. The van der Waals surface area contributed by atoms with Gasteiger partial charge in [-0.05, 0) is 142 Å². The Balaban J connectivity index is 1.29. The summed E-state index contributed by atoms with van der Waals surface area (Å²) in [4.78, 5) is 0. The smallest absolute Gasteiger partial charge is 0.126 e. The Morgan fingerprint density at radius 3 is 1.83 bits per heavy atom. The lowest BCUT2D eigenvalue weighted by Gasteiger charge is -2.29. The number of aryl methyl sites for hydroxylation is 5. The largest absolute Gasteiger partial charge is 0.488 e. The summed E-state index contributed by atoms with van der Waals surface area (Å²) >= 11 is 0. The summed E-state index contributed by atoms with van der Waals surface area (Å²) in [7, 11) is 0. The molecule has 0 spiro atoms. The topological polar surface area (TPSA) is 9.23 Å². The van der Waals surface area contributed by atoms with Gasteiger partial charge < -0.3 is 4.74 Å². The average molecular weight is 473 g/mol. The highest BCUT2D eigenvalue weighted by atomic mass is 19.1. The highest BCUT2D eigenvalue weighted by Crippen LogP contribution is 2.34. The molecule has 0 radical (unpaired) electrons. The van der Waals surface area contributed by atoms with Crippen LogP contribution in [0.15, 0.2) is 42.5 Å². The number of hydrogen-bond acceptors (Lipinski definition) is 1. The second-order valence-corrected chi connectivity index (χ2v) is 11.1. The minimum Gasteiger partial charge on any atom is -0.488 e. The predicted molar refractivity (Wildman–Crippen MR) is 145 cm³/mol. The van der Waals surface area contributed by atoms with E-state index in [2.05, 4.69) is 65.8 Å². The lowest BCUT2D eigenvalue weighted by molar-refractivity contribution is 0.270. The zero-order valence-corrected chi connectivity index (χ0v) is 22.4. The fraction of sp³-hybridized carbons (Fsp3) is 0.455. The van der Waals surface area contributed by atoms with Crippen molar-refractivity contribution in [3.63, 3.8) is 0 Å². The van der Waals surface area contributed by atoms with E-state index in [0.29, 0.717) is 12.5 Å². The summed E-state index contributed by atoms with van der Waals surface area (Å²) in [5, 5.41) is 0. The van der Waals surface area contributed by atoms with Crippen molar-refractivity contribution in [2.45, 2.75) is 86.7 Å². The molecule has 0 bridgehead atoms. The van der Waals surface area contributed by atoms with Gasteiger partial charge in [0.15, 0.2) is 0 Å². The third-order valence-electron chi connectivity index (χ3n) is 8.09. The molecule has 3 aromatic rings. The van der Waals surface area contributed by atoms with Gasteiger partial charge in [0.05, 0.1) is 0 Å². The first kappa shape index (κ1) is 25.5. The van der Waals surface area contributed by atoms with E-state index in [-0.39, 0.29) is 5.82 Å². The molecular weight excluding hydrogens is 431 g/mol. The Morgan fingerprint density at radius 2 is 1.26 bits per heavy atom. The van der Waals surface area contributed by atoms with Gasteiger partial charge in [0, 0.05) is 0 Å². The standard InChI is InChI=1S/C33H41FO/c1-21-13-24(4)33(25(5)14-21)35-20-29-11-12-31(32(34)19-29)18-28-9-7-27(8-10-28)17-30-15-22(2)26(6)23(3)16-30/h11-16,19,27-28H,7-10,17-18,20H2,1-6H3. The second kappa shape index (κ2) is 11.0.